The molecule has 2 rings (SSSR count). The highest BCUT2D eigenvalue weighted by Crippen LogP contribution is 2.39. The first kappa shape index (κ1) is 11.4. The molecule has 0 aliphatic heterocycles. The summed E-state index contributed by atoms with van der Waals surface area (Å²) in [6.07, 6.45) is 2.49. The molecule has 0 amide bonds. The number of aromatic nitrogens is 1. The number of aryl methyl sites for hydroxylation is 2. The van der Waals surface area contributed by atoms with E-state index in [9.17, 15) is 5.11 Å². The predicted octanol–water partition coefficient (Wildman–Crippen LogP) is 2.00. The zero-order chi connectivity index (χ0) is 11.9. The summed E-state index contributed by atoms with van der Waals surface area (Å²) in [5, 5.41) is 10.5. The molecule has 1 unspecified atom stereocenters. The van der Waals surface area contributed by atoms with Gasteiger partial charge in [-0.15, -0.1) is 0 Å². The fourth-order valence-corrected chi connectivity index (χ4v) is 2.51. The van der Waals surface area contributed by atoms with Crippen LogP contribution in [0.2, 0.25) is 0 Å². The number of fused-ring (bicyclic) bond motifs is 1. The summed E-state index contributed by atoms with van der Waals surface area (Å²) < 4.78 is 0. The molecular weight excluding hydrogens is 200 g/mol. The number of pyridine rings is 1. The first-order chi connectivity index (χ1) is 7.48. The average molecular weight is 220 g/mol. The van der Waals surface area contributed by atoms with Gasteiger partial charge in [-0.2, -0.15) is 0 Å². The zero-order valence-corrected chi connectivity index (χ0v) is 10.5. The molecule has 0 saturated carbocycles. The molecule has 16 heavy (non-hydrogen) atoms. The van der Waals surface area contributed by atoms with E-state index in [4.69, 9.17) is 0 Å². The second-order valence-corrected chi connectivity index (χ2v) is 4.92. The lowest BCUT2D eigenvalue weighted by Crippen LogP contribution is -2.23. The topological polar surface area (TPSA) is 36.4 Å². The number of hydrogen-bond acceptors (Lipinski definition) is 3. The quantitative estimate of drug-likeness (QED) is 0.828. The molecule has 0 saturated heterocycles. The van der Waals surface area contributed by atoms with E-state index in [0.29, 0.717) is 0 Å². The second kappa shape index (κ2) is 3.74. The summed E-state index contributed by atoms with van der Waals surface area (Å²) in [5.41, 5.74) is 2.59. The molecule has 0 aromatic carbocycles. The molecule has 3 nitrogen and oxygen atoms in total. The highest BCUT2D eigenvalue weighted by molar-refractivity contribution is 5.50. The molecule has 1 aliphatic carbocycles. The number of hydrogen-bond donors (Lipinski definition) is 1. The van der Waals surface area contributed by atoms with E-state index in [-0.39, 0.29) is 0 Å². The molecular formula is C13H20N2O. The Bertz CT molecular complexity index is 415. The van der Waals surface area contributed by atoms with Gasteiger partial charge in [-0.1, -0.05) is 13.0 Å². The lowest BCUT2D eigenvalue weighted by molar-refractivity contribution is 0.0307. The van der Waals surface area contributed by atoms with Crippen LogP contribution in [0.3, 0.4) is 0 Å². The van der Waals surface area contributed by atoms with E-state index in [0.717, 1.165) is 30.8 Å². The molecule has 1 aliphatic rings. The van der Waals surface area contributed by atoms with Crippen LogP contribution in [-0.2, 0) is 12.0 Å². The van der Waals surface area contributed by atoms with Crippen molar-refractivity contribution in [2.45, 2.75) is 38.7 Å². The normalized spacial score (nSPS) is 23.3. The van der Waals surface area contributed by atoms with Gasteiger partial charge in [0.25, 0.3) is 0 Å². The third kappa shape index (κ3) is 1.59. The van der Waals surface area contributed by atoms with E-state index in [2.05, 4.69) is 18.0 Å². The van der Waals surface area contributed by atoms with Crippen LogP contribution in [0.25, 0.3) is 0 Å². The lowest BCUT2D eigenvalue weighted by Gasteiger charge is -2.23. The predicted molar refractivity (Wildman–Crippen MR) is 65.8 cm³/mol. The fraction of sp³-hybridized carbons (Fsp3) is 0.615. The van der Waals surface area contributed by atoms with Gasteiger partial charge in [0.1, 0.15) is 11.4 Å². The number of aliphatic hydroxyl groups is 1. The van der Waals surface area contributed by atoms with Gasteiger partial charge in [-0.05, 0) is 37.3 Å². The van der Waals surface area contributed by atoms with Gasteiger partial charge in [-0.3, -0.25) is 0 Å². The van der Waals surface area contributed by atoms with E-state index in [1.165, 1.54) is 11.1 Å². The zero-order valence-electron chi connectivity index (χ0n) is 10.5. The van der Waals surface area contributed by atoms with Crippen LogP contribution in [0.15, 0.2) is 6.07 Å². The van der Waals surface area contributed by atoms with E-state index in [1.807, 2.05) is 25.9 Å². The van der Waals surface area contributed by atoms with Crippen LogP contribution in [-0.4, -0.2) is 24.2 Å². The minimum Gasteiger partial charge on any atom is -0.384 e. The highest BCUT2D eigenvalue weighted by Gasteiger charge is 2.37. The fourth-order valence-electron chi connectivity index (χ4n) is 2.51. The Labute approximate surface area is 97.1 Å². The summed E-state index contributed by atoms with van der Waals surface area (Å²) in [6, 6.07) is 2.17. The second-order valence-electron chi connectivity index (χ2n) is 4.92. The van der Waals surface area contributed by atoms with E-state index in [1.54, 1.807) is 0 Å². The number of rotatable bonds is 2. The van der Waals surface area contributed by atoms with Crippen molar-refractivity contribution in [3.8, 4) is 0 Å². The van der Waals surface area contributed by atoms with Gasteiger partial charge < -0.3 is 10.0 Å². The number of anilines is 1. The van der Waals surface area contributed by atoms with Crippen molar-refractivity contribution in [1.82, 2.24) is 4.98 Å². The molecule has 88 valence electrons. The summed E-state index contributed by atoms with van der Waals surface area (Å²) in [6.45, 7) is 4.10. The molecule has 0 radical (unpaired) electrons. The maximum atomic E-state index is 10.5. The summed E-state index contributed by atoms with van der Waals surface area (Å²) >= 11 is 0. The Balaban J connectivity index is 2.55. The first-order valence-electron chi connectivity index (χ1n) is 5.88. The molecule has 1 atom stereocenters. The Morgan fingerprint density at radius 1 is 1.50 bits per heavy atom. The van der Waals surface area contributed by atoms with Crippen molar-refractivity contribution in [3.63, 3.8) is 0 Å². The molecule has 0 bridgehead atoms. The van der Waals surface area contributed by atoms with Gasteiger partial charge in [0.2, 0.25) is 0 Å². The minimum absolute atomic E-state index is 0.701. The Morgan fingerprint density at radius 2 is 2.19 bits per heavy atom. The van der Waals surface area contributed by atoms with Crippen LogP contribution < -0.4 is 4.90 Å². The van der Waals surface area contributed by atoms with Crippen molar-refractivity contribution in [1.29, 1.82) is 0 Å². The van der Waals surface area contributed by atoms with Gasteiger partial charge in [0.05, 0.1) is 5.69 Å². The summed E-state index contributed by atoms with van der Waals surface area (Å²) in [5.74, 6) is 0.965. The Hall–Kier alpha value is -1.09. The number of nitrogens with zero attached hydrogens (tertiary/aromatic N) is 2. The molecule has 3 heteroatoms. The summed E-state index contributed by atoms with van der Waals surface area (Å²) in [7, 11) is 3.98. The molecule has 1 aromatic heterocycles. The molecule has 1 aromatic rings. The van der Waals surface area contributed by atoms with Crippen molar-refractivity contribution >= 4 is 5.82 Å². The molecule has 0 fully saturated rings. The van der Waals surface area contributed by atoms with Crippen molar-refractivity contribution < 1.29 is 5.11 Å². The third-order valence-electron chi connectivity index (χ3n) is 3.52. The highest BCUT2D eigenvalue weighted by atomic mass is 16.3. The Morgan fingerprint density at radius 3 is 2.75 bits per heavy atom. The van der Waals surface area contributed by atoms with Crippen LogP contribution in [0.5, 0.6) is 0 Å². The minimum atomic E-state index is -0.701. The first-order valence-corrected chi connectivity index (χ1v) is 5.88. The van der Waals surface area contributed by atoms with Crippen LogP contribution in [0.4, 0.5) is 5.82 Å². The van der Waals surface area contributed by atoms with Crippen LogP contribution in [0.1, 0.15) is 36.6 Å². The van der Waals surface area contributed by atoms with Crippen molar-refractivity contribution in [3.05, 3.63) is 22.9 Å². The Kier molecular flexibility index (Phi) is 2.66. The molecule has 0 spiro atoms. The summed E-state index contributed by atoms with van der Waals surface area (Å²) in [4.78, 5) is 6.66. The van der Waals surface area contributed by atoms with E-state index >= 15 is 0 Å². The maximum Gasteiger partial charge on any atom is 0.131 e. The average Bonchev–Trinajstić information content (AvgIpc) is 2.55. The van der Waals surface area contributed by atoms with Crippen molar-refractivity contribution in [2.75, 3.05) is 19.0 Å². The standard InChI is InChI=1S/C13H20N2O/c1-5-13(16)7-6-10-8-9(2)12(15(3)4)14-11(10)13/h8,16H,5-7H2,1-4H3. The van der Waals surface area contributed by atoms with Gasteiger partial charge in [0, 0.05) is 14.1 Å². The van der Waals surface area contributed by atoms with E-state index < -0.39 is 5.60 Å². The van der Waals surface area contributed by atoms with Gasteiger partial charge in [-0.25, -0.2) is 4.98 Å². The largest absolute Gasteiger partial charge is 0.384 e. The SMILES string of the molecule is CCC1(O)CCc2cc(C)c(N(C)C)nc21. The molecule has 1 N–H and O–H groups in total. The monoisotopic (exact) mass is 220 g/mol. The third-order valence-corrected chi connectivity index (χ3v) is 3.52. The van der Waals surface area contributed by atoms with Gasteiger partial charge >= 0.3 is 0 Å². The lowest BCUT2D eigenvalue weighted by atomic mass is 9.97. The molecule has 1 heterocycles. The van der Waals surface area contributed by atoms with Crippen LogP contribution in [0, 0.1) is 6.92 Å². The van der Waals surface area contributed by atoms with Gasteiger partial charge in [0.15, 0.2) is 0 Å². The maximum absolute atomic E-state index is 10.5. The van der Waals surface area contributed by atoms with Crippen LogP contribution >= 0.6 is 0 Å². The van der Waals surface area contributed by atoms with Crippen molar-refractivity contribution in [2.24, 2.45) is 0 Å². The smallest absolute Gasteiger partial charge is 0.131 e.